The lowest BCUT2D eigenvalue weighted by atomic mass is 9.98. The standard InChI is InChI=1S/C37H50N6O7/c1-7-50-36(47)40-32(24(2)3)34(45)41-43(22-27-16-18-28(19-17-27)29-15-11-12-20-38-29)23-31(44)30(21-26-13-9-8-10-14-26)39-35(46)33(25(4)5)42(6)37(48)49/h8-20,24-25,30-33,44H,7,21-23H2,1-6H3,(H,39,46)(H,40,47)(H,41,45)(H,48,49)/t30-,31-,32-,33-/m0/s1. The van der Waals surface area contributed by atoms with E-state index >= 15 is 0 Å². The van der Waals surface area contributed by atoms with Crippen molar-refractivity contribution in [2.45, 2.75) is 71.8 Å². The minimum absolute atomic E-state index is 0.128. The highest BCUT2D eigenvalue weighted by molar-refractivity contribution is 5.86. The zero-order chi connectivity index (χ0) is 36.8. The third-order valence-corrected chi connectivity index (χ3v) is 8.17. The Labute approximate surface area is 294 Å². The summed E-state index contributed by atoms with van der Waals surface area (Å²) in [5.74, 6) is -1.72. The first-order chi connectivity index (χ1) is 23.8. The number of aliphatic hydroxyl groups excluding tert-OH is 1. The quantitative estimate of drug-likeness (QED) is 0.131. The number of carbonyl (C=O) groups is 4. The first kappa shape index (κ1) is 39.4. The van der Waals surface area contributed by atoms with Gasteiger partial charge in [-0.2, -0.15) is 0 Å². The van der Waals surface area contributed by atoms with Crippen molar-refractivity contribution in [1.82, 2.24) is 31.0 Å². The molecule has 0 radical (unpaired) electrons. The van der Waals surface area contributed by atoms with Gasteiger partial charge in [-0.1, -0.05) is 88.4 Å². The number of hydrazine groups is 1. The average Bonchev–Trinajstić information content (AvgIpc) is 3.07. The van der Waals surface area contributed by atoms with Crippen molar-refractivity contribution < 1.29 is 34.1 Å². The van der Waals surface area contributed by atoms with E-state index in [0.29, 0.717) is 0 Å². The van der Waals surface area contributed by atoms with Gasteiger partial charge >= 0.3 is 12.2 Å². The van der Waals surface area contributed by atoms with Crippen molar-refractivity contribution in [3.05, 3.63) is 90.1 Å². The fraction of sp³-hybridized carbons (Fsp3) is 0.432. The minimum atomic E-state index is -1.25. The van der Waals surface area contributed by atoms with E-state index in [4.69, 9.17) is 4.74 Å². The molecule has 270 valence electrons. The predicted molar refractivity (Wildman–Crippen MR) is 190 cm³/mol. The van der Waals surface area contributed by atoms with Crippen LogP contribution >= 0.6 is 0 Å². The molecule has 13 nitrogen and oxygen atoms in total. The number of hydrogen-bond donors (Lipinski definition) is 5. The Hall–Kier alpha value is -5.01. The Morgan fingerprint density at radius 1 is 0.840 bits per heavy atom. The Balaban J connectivity index is 1.93. The molecule has 0 aliphatic heterocycles. The number of aliphatic hydroxyl groups is 1. The van der Waals surface area contributed by atoms with Crippen molar-refractivity contribution in [2.24, 2.45) is 11.8 Å². The smallest absolute Gasteiger partial charge is 0.407 e. The number of amides is 4. The summed E-state index contributed by atoms with van der Waals surface area (Å²) in [6, 6.07) is 19.7. The zero-order valence-electron chi connectivity index (χ0n) is 29.6. The summed E-state index contributed by atoms with van der Waals surface area (Å²) < 4.78 is 5.01. The number of pyridine rings is 1. The van der Waals surface area contributed by atoms with Gasteiger partial charge in [0.1, 0.15) is 12.1 Å². The van der Waals surface area contributed by atoms with Gasteiger partial charge in [0.15, 0.2) is 0 Å². The van der Waals surface area contributed by atoms with Crippen LogP contribution in [-0.2, 0) is 27.3 Å². The molecule has 0 unspecified atom stereocenters. The summed E-state index contributed by atoms with van der Waals surface area (Å²) in [5, 5.41) is 28.5. The fourth-order valence-corrected chi connectivity index (χ4v) is 5.56. The number of aromatic nitrogens is 1. The molecule has 0 aliphatic rings. The molecule has 0 saturated carbocycles. The third kappa shape index (κ3) is 11.8. The van der Waals surface area contributed by atoms with Crippen LogP contribution in [0.15, 0.2) is 79.0 Å². The zero-order valence-corrected chi connectivity index (χ0v) is 29.6. The van der Waals surface area contributed by atoms with E-state index in [1.807, 2.05) is 72.8 Å². The summed E-state index contributed by atoms with van der Waals surface area (Å²) in [5.41, 5.74) is 6.22. The first-order valence-corrected chi connectivity index (χ1v) is 16.8. The molecule has 13 heteroatoms. The highest BCUT2D eigenvalue weighted by atomic mass is 16.5. The molecule has 1 heterocycles. The molecule has 50 heavy (non-hydrogen) atoms. The maximum atomic E-state index is 13.6. The van der Waals surface area contributed by atoms with Crippen LogP contribution < -0.4 is 16.1 Å². The molecule has 4 atom stereocenters. The summed E-state index contributed by atoms with van der Waals surface area (Å²) in [6.45, 7) is 8.91. The minimum Gasteiger partial charge on any atom is -0.465 e. The van der Waals surface area contributed by atoms with Crippen LogP contribution in [0.4, 0.5) is 9.59 Å². The van der Waals surface area contributed by atoms with Crippen molar-refractivity contribution in [1.29, 1.82) is 0 Å². The highest BCUT2D eigenvalue weighted by Crippen LogP contribution is 2.19. The molecule has 0 saturated heterocycles. The van der Waals surface area contributed by atoms with E-state index in [2.05, 4.69) is 21.0 Å². The van der Waals surface area contributed by atoms with Gasteiger partial charge in [0.05, 0.1) is 24.4 Å². The second-order valence-electron chi connectivity index (χ2n) is 12.8. The number of likely N-dealkylation sites (N-methyl/N-ethyl adjacent to an activating group) is 1. The number of carboxylic acid groups (broad SMARTS) is 1. The molecule has 0 fully saturated rings. The summed E-state index contributed by atoms with van der Waals surface area (Å²) in [7, 11) is 1.33. The van der Waals surface area contributed by atoms with Crippen LogP contribution in [0, 0.1) is 11.8 Å². The maximum Gasteiger partial charge on any atom is 0.407 e. The molecule has 0 bridgehead atoms. The van der Waals surface area contributed by atoms with Crippen molar-refractivity contribution in [3.63, 3.8) is 0 Å². The third-order valence-electron chi connectivity index (χ3n) is 8.17. The molecule has 1 aromatic heterocycles. The number of ether oxygens (including phenoxy) is 1. The van der Waals surface area contributed by atoms with E-state index in [-0.39, 0.29) is 38.0 Å². The van der Waals surface area contributed by atoms with E-state index in [1.54, 1.807) is 45.8 Å². The summed E-state index contributed by atoms with van der Waals surface area (Å²) in [6.07, 6.45) is -1.27. The van der Waals surface area contributed by atoms with Gasteiger partial charge in [-0.3, -0.25) is 24.9 Å². The Morgan fingerprint density at radius 2 is 1.50 bits per heavy atom. The van der Waals surface area contributed by atoms with Crippen LogP contribution in [-0.4, -0.2) is 93.5 Å². The van der Waals surface area contributed by atoms with Crippen LogP contribution in [0.25, 0.3) is 11.3 Å². The van der Waals surface area contributed by atoms with E-state index in [9.17, 15) is 29.4 Å². The van der Waals surface area contributed by atoms with Crippen LogP contribution in [0.2, 0.25) is 0 Å². The number of alkyl carbamates (subject to hydrolysis) is 1. The second kappa shape index (κ2) is 19.2. The maximum absolute atomic E-state index is 13.6. The Morgan fingerprint density at radius 3 is 2.06 bits per heavy atom. The fourth-order valence-electron chi connectivity index (χ4n) is 5.56. The van der Waals surface area contributed by atoms with Gasteiger partial charge < -0.3 is 25.6 Å². The second-order valence-corrected chi connectivity index (χ2v) is 12.8. The lowest BCUT2D eigenvalue weighted by molar-refractivity contribution is -0.131. The highest BCUT2D eigenvalue weighted by Gasteiger charge is 2.34. The van der Waals surface area contributed by atoms with Crippen molar-refractivity contribution in [3.8, 4) is 11.3 Å². The lowest BCUT2D eigenvalue weighted by Crippen LogP contribution is -2.59. The van der Waals surface area contributed by atoms with Crippen LogP contribution in [0.1, 0.15) is 45.7 Å². The van der Waals surface area contributed by atoms with Crippen molar-refractivity contribution in [2.75, 3.05) is 20.2 Å². The Bertz CT molecular complexity index is 1520. The lowest BCUT2D eigenvalue weighted by Gasteiger charge is -2.34. The predicted octanol–water partition coefficient (Wildman–Crippen LogP) is 4.08. The van der Waals surface area contributed by atoms with E-state index < -0.39 is 48.2 Å². The Kier molecular flexibility index (Phi) is 15.2. The van der Waals surface area contributed by atoms with Gasteiger partial charge in [0.25, 0.3) is 5.91 Å². The molecule has 2 aromatic carbocycles. The number of nitrogens with zero attached hydrogens (tertiary/aromatic N) is 3. The normalized spacial score (nSPS) is 13.6. The number of nitrogens with one attached hydrogen (secondary N) is 3. The molecule has 5 N–H and O–H groups in total. The molecule has 0 spiro atoms. The number of benzene rings is 2. The molecule has 4 amide bonds. The molecular formula is C37H50N6O7. The van der Waals surface area contributed by atoms with E-state index in [0.717, 1.165) is 27.3 Å². The monoisotopic (exact) mass is 690 g/mol. The SMILES string of the molecule is CCOC(=O)N[C@H](C(=O)NN(Cc1ccc(-c2ccccn2)cc1)C[C@H](O)[C@H](Cc1ccccc1)NC(=O)[C@H](C(C)C)N(C)C(=O)O)C(C)C. The van der Waals surface area contributed by atoms with Crippen molar-refractivity contribution >= 4 is 24.0 Å². The van der Waals surface area contributed by atoms with Gasteiger partial charge in [0, 0.05) is 31.9 Å². The first-order valence-electron chi connectivity index (χ1n) is 16.8. The molecule has 3 rings (SSSR count). The van der Waals surface area contributed by atoms with Gasteiger partial charge in [0.2, 0.25) is 5.91 Å². The van der Waals surface area contributed by atoms with Gasteiger partial charge in [-0.15, -0.1) is 0 Å². The summed E-state index contributed by atoms with van der Waals surface area (Å²) >= 11 is 0. The number of rotatable bonds is 17. The number of carbonyl (C=O) groups excluding carboxylic acids is 3. The average molecular weight is 691 g/mol. The summed E-state index contributed by atoms with van der Waals surface area (Å²) in [4.78, 5) is 56.7. The van der Waals surface area contributed by atoms with Crippen LogP contribution in [0.5, 0.6) is 0 Å². The van der Waals surface area contributed by atoms with Gasteiger partial charge in [-0.05, 0) is 48.4 Å². The topological polar surface area (TPSA) is 173 Å². The molecule has 3 aromatic rings. The van der Waals surface area contributed by atoms with Gasteiger partial charge in [-0.25, -0.2) is 14.6 Å². The van der Waals surface area contributed by atoms with E-state index in [1.165, 1.54) is 7.05 Å². The molecular weight excluding hydrogens is 640 g/mol. The largest absolute Gasteiger partial charge is 0.465 e. The molecule has 0 aliphatic carbocycles. The van der Waals surface area contributed by atoms with Crippen LogP contribution in [0.3, 0.4) is 0 Å². The number of hydrogen-bond acceptors (Lipinski definition) is 8.